The van der Waals surface area contributed by atoms with Gasteiger partial charge in [-0.15, -0.1) is 0 Å². The number of carbonyl (C=O) groups is 2. The summed E-state index contributed by atoms with van der Waals surface area (Å²) in [4.78, 5) is 26.0. The van der Waals surface area contributed by atoms with Crippen LogP contribution in [0.1, 0.15) is 62.6 Å². The molecule has 0 aliphatic carbocycles. The Kier molecular flexibility index (Phi) is 5.99. The van der Waals surface area contributed by atoms with Crippen LogP contribution in [0, 0.1) is 0 Å². The van der Waals surface area contributed by atoms with Crippen molar-refractivity contribution in [3.05, 3.63) is 35.4 Å². The zero-order valence-electron chi connectivity index (χ0n) is 13.4. The summed E-state index contributed by atoms with van der Waals surface area (Å²) in [7, 11) is 0. The maximum absolute atomic E-state index is 12.5. The van der Waals surface area contributed by atoms with Crippen LogP contribution in [0.2, 0.25) is 0 Å². The molecule has 1 unspecified atom stereocenters. The first-order chi connectivity index (χ1) is 10.6. The van der Waals surface area contributed by atoms with Crippen molar-refractivity contribution in [2.75, 3.05) is 6.54 Å². The molecule has 120 valence electrons. The lowest BCUT2D eigenvalue weighted by Gasteiger charge is -2.35. The van der Waals surface area contributed by atoms with Gasteiger partial charge in [0.15, 0.2) is 0 Å². The van der Waals surface area contributed by atoms with Gasteiger partial charge in [-0.3, -0.25) is 9.59 Å². The Bertz CT molecular complexity index is 528. The second kappa shape index (κ2) is 7.97. The minimum Gasteiger partial charge on any atom is -0.368 e. The van der Waals surface area contributed by atoms with Gasteiger partial charge in [0.05, 0.1) is 0 Å². The number of rotatable bonds is 7. The number of nitrogens with two attached hydrogens (primary N) is 1. The van der Waals surface area contributed by atoms with E-state index >= 15 is 0 Å². The molecule has 0 bridgehead atoms. The lowest BCUT2D eigenvalue weighted by Crippen LogP contribution is -2.45. The molecule has 0 fully saturated rings. The van der Waals surface area contributed by atoms with E-state index in [1.54, 1.807) is 4.90 Å². The van der Waals surface area contributed by atoms with Crippen molar-refractivity contribution in [3.63, 3.8) is 0 Å². The predicted octanol–water partition coefficient (Wildman–Crippen LogP) is 2.96. The highest BCUT2D eigenvalue weighted by molar-refractivity contribution is 5.88. The standard InChI is InChI=1S/C18H26N2O2/c1-2-3-4-5-6-11-16(21)20-13-12-14-9-7-8-10-15(14)17(20)18(19)22/h7-10,17H,2-6,11-13H2,1H3,(H2,19,22). The number of primary amides is 1. The van der Waals surface area contributed by atoms with Crippen LogP contribution in [-0.4, -0.2) is 23.3 Å². The maximum Gasteiger partial charge on any atom is 0.244 e. The minimum absolute atomic E-state index is 0.0507. The third-order valence-corrected chi connectivity index (χ3v) is 4.37. The number of hydrogen-bond donors (Lipinski definition) is 1. The number of carbonyl (C=O) groups excluding carboxylic acids is 2. The van der Waals surface area contributed by atoms with Gasteiger partial charge in [0.2, 0.25) is 11.8 Å². The van der Waals surface area contributed by atoms with Gasteiger partial charge in [0.1, 0.15) is 6.04 Å². The Labute approximate surface area is 132 Å². The molecule has 1 aliphatic rings. The zero-order valence-corrected chi connectivity index (χ0v) is 13.4. The van der Waals surface area contributed by atoms with Crippen LogP contribution in [0.4, 0.5) is 0 Å². The van der Waals surface area contributed by atoms with Gasteiger partial charge < -0.3 is 10.6 Å². The van der Waals surface area contributed by atoms with Crippen LogP contribution in [-0.2, 0) is 16.0 Å². The first-order valence-corrected chi connectivity index (χ1v) is 8.31. The molecule has 1 aromatic rings. The maximum atomic E-state index is 12.5. The average Bonchev–Trinajstić information content (AvgIpc) is 2.53. The fourth-order valence-corrected chi connectivity index (χ4v) is 3.17. The summed E-state index contributed by atoms with van der Waals surface area (Å²) in [6.45, 7) is 2.76. The van der Waals surface area contributed by atoms with Gasteiger partial charge in [-0.2, -0.15) is 0 Å². The Morgan fingerprint density at radius 3 is 2.64 bits per heavy atom. The molecule has 2 amide bonds. The number of fused-ring (bicyclic) bond motifs is 1. The fourth-order valence-electron chi connectivity index (χ4n) is 3.17. The molecule has 22 heavy (non-hydrogen) atoms. The summed E-state index contributed by atoms with van der Waals surface area (Å²) in [6, 6.07) is 7.17. The molecule has 1 aromatic carbocycles. The van der Waals surface area contributed by atoms with Gasteiger partial charge in [0.25, 0.3) is 0 Å². The van der Waals surface area contributed by atoms with Crippen LogP contribution in [0.25, 0.3) is 0 Å². The van der Waals surface area contributed by atoms with E-state index in [1.165, 1.54) is 19.3 Å². The first kappa shape index (κ1) is 16.5. The molecular formula is C18H26N2O2. The molecular weight excluding hydrogens is 276 g/mol. The molecule has 0 radical (unpaired) electrons. The van der Waals surface area contributed by atoms with E-state index in [4.69, 9.17) is 5.73 Å². The third kappa shape index (κ3) is 3.87. The normalized spacial score (nSPS) is 17.1. The average molecular weight is 302 g/mol. The Morgan fingerprint density at radius 1 is 1.18 bits per heavy atom. The molecule has 0 spiro atoms. The third-order valence-electron chi connectivity index (χ3n) is 4.37. The van der Waals surface area contributed by atoms with Crippen molar-refractivity contribution in [2.24, 2.45) is 5.73 Å². The van der Waals surface area contributed by atoms with Gasteiger partial charge in [-0.25, -0.2) is 0 Å². The van der Waals surface area contributed by atoms with Crippen molar-refractivity contribution >= 4 is 11.8 Å². The molecule has 1 atom stereocenters. The topological polar surface area (TPSA) is 63.4 Å². The van der Waals surface area contributed by atoms with Crippen molar-refractivity contribution in [2.45, 2.75) is 57.9 Å². The summed E-state index contributed by atoms with van der Waals surface area (Å²) >= 11 is 0. The zero-order chi connectivity index (χ0) is 15.9. The Balaban J connectivity index is 2.01. The van der Waals surface area contributed by atoms with E-state index in [0.29, 0.717) is 13.0 Å². The summed E-state index contributed by atoms with van der Waals surface area (Å²) in [5, 5.41) is 0. The molecule has 0 aromatic heterocycles. The first-order valence-electron chi connectivity index (χ1n) is 8.31. The van der Waals surface area contributed by atoms with Gasteiger partial charge in [0, 0.05) is 13.0 Å². The van der Waals surface area contributed by atoms with Crippen LogP contribution < -0.4 is 5.73 Å². The van der Waals surface area contributed by atoms with E-state index in [9.17, 15) is 9.59 Å². The van der Waals surface area contributed by atoms with Crippen molar-refractivity contribution in [1.82, 2.24) is 4.90 Å². The second-order valence-corrected chi connectivity index (χ2v) is 6.01. The number of unbranched alkanes of at least 4 members (excludes halogenated alkanes) is 4. The molecule has 1 aliphatic heterocycles. The number of hydrogen-bond acceptors (Lipinski definition) is 2. The summed E-state index contributed by atoms with van der Waals surface area (Å²) < 4.78 is 0. The number of benzene rings is 1. The minimum atomic E-state index is -0.604. The number of nitrogens with zero attached hydrogens (tertiary/aromatic N) is 1. The quantitative estimate of drug-likeness (QED) is 0.787. The monoisotopic (exact) mass is 302 g/mol. The highest BCUT2D eigenvalue weighted by Crippen LogP contribution is 2.30. The Morgan fingerprint density at radius 2 is 1.91 bits per heavy atom. The van der Waals surface area contributed by atoms with Crippen LogP contribution in [0.5, 0.6) is 0 Å². The smallest absolute Gasteiger partial charge is 0.244 e. The lowest BCUT2D eigenvalue weighted by molar-refractivity contribution is -0.140. The molecule has 4 nitrogen and oxygen atoms in total. The van der Waals surface area contributed by atoms with E-state index in [1.807, 2.05) is 24.3 Å². The fraction of sp³-hybridized carbons (Fsp3) is 0.556. The van der Waals surface area contributed by atoms with Crippen LogP contribution >= 0.6 is 0 Å². The molecule has 4 heteroatoms. The van der Waals surface area contributed by atoms with Gasteiger partial charge >= 0.3 is 0 Å². The van der Waals surface area contributed by atoms with Crippen molar-refractivity contribution in [3.8, 4) is 0 Å². The number of amides is 2. The SMILES string of the molecule is CCCCCCCC(=O)N1CCc2ccccc2C1C(N)=O. The summed E-state index contributed by atoms with van der Waals surface area (Å²) in [5.41, 5.74) is 7.58. The van der Waals surface area contributed by atoms with E-state index < -0.39 is 11.9 Å². The van der Waals surface area contributed by atoms with Crippen molar-refractivity contribution in [1.29, 1.82) is 0 Å². The Hall–Kier alpha value is -1.84. The van der Waals surface area contributed by atoms with E-state index in [0.717, 1.165) is 30.4 Å². The second-order valence-electron chi connectivity index (χ2n) is 6.01. The molecule has 0 saturated heterocycles. The molecule has 0 saturated carbocycles. The molecule has 1 heterocycles. The predicted molar refractivity (Wildman–Crippen MR) is 87.2 cm³/mol. The summed E-state index contributed by atoms with van der Waals surface area (Å²) in [6.07, 6.45) is 6.85. The molecule has 2 rings (SSSR count). The lowest BCUT2D eigenvalue weighted by atomic mass is 9.91. The van der Waals surface area contributed by atoms with Crippen molar-refractivity contribution < 1.29 is 9.59 Å². The highest BCUT2D eigenvalue weighted by Gasteiger charge is 2.33. The van der Waals surface area contributed by atoms with Crippen LogP contribution in [0.15, 0.2) is 24.3 Å². The van der Waals surface area contributed by atoms with Crippen LogP contribution in [0.3, 0.4) is 0 Å². The van der Waals surface area contributed by atoms with Gasteiger partial charge in [-0.05, 0) is 24.0 Å². The highest BCUT2D eigenvalue weighted by atomic mass is 16.2. The largest absolute Gasteiger partial charge is 0.368 e. The van der Waals surface area contributed by atoms with Gasteiger partial charge in [-0.1, -0.05) is 56.9 Å². The molecule has 2 N–H and O–H groups in total. The van der Waals surface area contributed by atoms with E-state index in [2.05, 4.69) is 6.92 Å². The van der Waals surface area contributed by atoms with E-state index in [-0.39, 0.29) is 5.91 Å². The summed E-state index contributed by atoms with van der Waals surface area (Å²) in [5.74, 6) is -0.388.